The van der Waals surface area contributed by atoms with E-state index in [0.717, 1.165) is 0 Å². The third-order valence-electron chi connectivity index (χ3n) is 3.04. The number of hydrogen-bond acceptors (Lipinski definition) is 1. The topological polar surface area (TPSA) is 23.1 Å². The maximum absolute atomic E-state index is 8.93. The first kappa shape index (κ1) is 19.6. The van der Waals surface area contributed by atoms with Crippen LogP contribution >= 0.6 is 7.92 Å². The van der Waals surface area contributed by atoms with Crippen LogP contribution in [0, 0.1) is 0 Å². The molecule has 0 spiro atoms. The third-order valence-corrected chi connectivity index (χ3v) is 5.49. The molecule has 0 aromatic heterocycles. The summed E-state index contributed by atoms with van der Waals surface area (Å²) in [5.74, 6) is 0. The Morgan fingerprint density at radius 3 is 1.04 bits per heavy atom. The second kappa shape index (κ2) is 11.2. The van der Waals surface area contributed by atoms with Crippen molar-refractivity contribution in [3.63, 3.8) is 0 Å². The summed E-state index contributed by atoms with van der Waals surface area (Å²) >= 11 is 0. The van der Waals surface area contributed by atoms with Crippen LogP contribution < -0.4 is 21.0 Å². The molecule has 0 saturated heterocycles. The quantitative estimate of drug-likeness (QED) is 0.513. The van der Waals surface area contributed by atoms with Gasteiger partial charge in [-0.05, 0) is 23.8 Å². The SMILES string of the molecule is CC[O-].[Cu+].c1ccc(P(c2ccccc2)c2ccccc2)cc1. The fourth-order valence-corrected chi connectivity index (χ4v) is 4.48. The van der Waals surface area contributed by atoms with Crippen molar-refractivity contribution in [2.24, 2.45) is 0 Å². The Morgan fingerprint density at radius 1 is 0.609 bits per heavy atom. The minimum Gasteiger partial charge on any atom is -0.855 e. The summed E-state index contributed by atoms with van der Waals surface area (Å²) in [6, 6.07) is 32.3. The Bertz CT molecular complexity index is 550. The molecule has 3 aromatic carbocycles. The first-order valence-corrected chi connectivity index (χ1v) is 8.74. The van der Waals surface area contributed by atoms with E-state index >= 15 is 0 Å². The second-order valence-electron chi connectivity index (χ2n) is 4.63. The molecule has 3 heteroatoms. The van der Waals surface area contributed by atoms with Gasteiger partial charge in [0.05, 0.1) is 0 Å². The minimum atomic E-state index is -0.446. The van der Waals surface area contributed by atoms with Crippen molar-refractivity contribution in [2.75, 3.05) is 6.61 Å². The van der Waals surface area contributed by atoms with Gasteiger partial charge < -0.3 is 5.11 Å². The fraction of sp³-hybridized carbons (Fsp3) is 0.100. The van der Waals surface area contributed by atoms with Gasteiger partial charge in [-0.15, -0.1) is 6.61 Å². The van der Waals surface area contributed by atoms with Crippen molar-refractivity contribution in [3.8, 4) is 0 Å². The zero-order chi connectivity index (χ0) is 15.6. The third kappa shape index (κ3) is 5.94. The molecular formula is C20H20CuOP. The van der Waals surface area contributed by atoms with Crippen molar-refractivity contribution >= 4 is 23.8 Å². The van der Waals surface area contributed by atoms with Crippen molar-refractivity contribution in [1.29, 1.82) is 0 Å². The summed E-state index contributed by atoms with van der Waals surface area (Å²) in [5.41, 5.74) is 0. The summed E-state index contributed by atoms with van der Waals surface area (Å²) in [7, 11) is -0.446. The van der Waals surface area contributed by atoms with Gasteiger partial charge in [0.25, 0.3) is 0 Å². The van der Waals surface area contributed by atoms with Gasteiger partial charge in [-0.2, -0.15) is 0 Å². The van der Waals surface area contributed by atoms with Crippen LogP contribution in [0.15, 0.2) is 91.0 Å². The second-order valence-corrected chi connectivity index (χ2v) is 6.85. The van der Waals surface area contributed by atoms with E-state index in [9.17, 15) is 0 Å². The monoisotopic (exact) mass is 370 g/mol. The zero-order valence-electron chi connectivity index (χ0n) is 13.0. The molecule has 122 valence electrons. The van der Waals surface area contributed by atoms with Gasteiger partial charge in [0.15, 0.2) is 0 Å². The molecule has 0 aliphatic carbocycles. The van der Waals surface area contributed by atoms with E-state index in [4.69, 9.17) is 5.11 Å². The van der Waals surface area contributed by atoms with Gasteiger partial charge in [0.2, 0.25) is 0 Å². The van der Waals surface area contributed by atoms with E-state index < -0.39 is 7.92 Å². The molecule has 3 rings (SSSR count). The molecule has 0 unspecified atom stereocenters. The van der Waals surface area contributed by atoms with E-state index in [2.05, 4.69) is 91.0 Å². The number of hydrogen-bond donors (Lipinski definition) is 0. The van der Waals surface area contributed by atoms with E-state index in [0.29, 0.717) is 0 Å². The Kier molecular flexibility index (Phi) is 9.52. The Balaban J connectivity index is 0.000000615. The van der Waals surface area contributed by atoms with E-state index in [-0.39, 0.29) is 23.7 Å². The van der Waals surface area contributed by atoms with Gasteiger partial charge in [0.1, 0.15) is 0 Å². The summed E-state index contributed by atoms with van der Waals surface area (Å²) in [6.45, 7) is 1.57. The average molecular weight is 371 g/mol. The van der Waals surface area contributed by atoms with Crippen molar-refractivity contribution < 1.29 is 22.2 Å². The van der Waals surface area contributed by atoms with Gasteiger partial charge in [0, 0.05) is 0 Å². The van der Waals surface area contributed by atoms with Crippen molar-refractivity contribution in [1.82, 2.24) is 0 Å². The van der Waals surface area contributed by atoms with Gasteiger partial charge in [-0.25, -0.2) is 0 Å². The molecular weight excluding hydrogens is 351 g/mol. The summed E-state index contributed by atoms with van der Waals surface area (Å²) in [4.78, 5) is 0. The Labute approximate surface area is 150 Å². The first-order valence-electron chi connectivity index (χ1n) is 7.40. The molecule has 0 radical (unpaired) electrons. The van der Waals surface area contributed by atoms with Crippen molar-refractivity contribution in [3.05, 3.63) is 91.0 Å². The van der Waals surface area contributed by atoms with E-state index in [1.54, 1.807) is 6.92 Å². The molecule has 0 amide bonds. The van der Waals surface area contributed by atoms with E-state index in [1.165, 1.54) is 15.9 Å². The fourth-order valence-electron chi connectivity index (χ4n) is 2.18. The molecule has 0 aliphatic rings. The largest absolute Gasteiger partial charge is 1.00 e. The van der Waals surface area contributed by atoms with Crippen LogP contribution in [0.2, 0.25) is 0 Å². The smallest absolute Gasteiger partial charge is 0.855 e. The average Bonchev–Trinajstić information content (AvgIpc) is 2.59. The van der Waals surface area contributed by atoms with Crippen molar-refractivity contribution in [2.45, 2.75) is 6.92 Å². The molecule has 0 saturated carbocycles. The van der Waals surface area contributed by atoms with Crippen LogP contribution in [0.5, 0.6) is 0 Å². The normalized spacial score (nSPS) is 9.52. The minimum absolute atomic E-state index is 0. The maximum atomic E-state index is 8.93. The Morgan fingerprint density at radius 2 is 0.826 bits per heavy atom. The molecule has 3 aromatic rings. The molecule has 23 heavy (non-hydrogen) atoms. The Hall–Kier alpha value is -1.43. The summed E-state index contributed by atoms with van der Waals surface area (Å²) in [6.07, 6.45) is 0. The predicted octanol–water partition coefficient (Wildman–Crippen LogP) is 2.81. The van der Waals surface area contributed by atoms with Crippen LogP contribution in [0.1, 0.15) is 6.92 Å². The van der Waals surface area contributed by atoms with Crippen LogP contribution in [0.3, 0.4) is 0 Å². The molecule has 0 atom stereocenters. The first-order chi connectivity index (χ1) is 10.9. The van der Waals surface area contributed by atoms with Gasteiger partial charge in [-0.1, -0.05) is 97.9 Å². The molecule has 1 nitrogen and oxygen atoms in total. The van der Waals surface area contributed by atoms with Crippen LogP contribution in [0.25, 0.3) is 0 Å². The predicted molar refractivity (Wildman–Crippen MR) is 95.7 cm³/mol. The van der Waals surface area contributed by atoms with Gasteiger partial charge in [-0.3, -0.25) is 0 Å². The van der Waals surface area contributed by atoms with E-state index in [1.807, 2.05) is 0 Å². The standard InChI is InChI=1S/C18H15P.C2H5O.Cu/c1-4-10-16(11-5-1)19(17-12-6-2-7-13-17)18-14-8-3-9-15-18;1-2-3;/h1-15H;2H2,1H3;/q;-1;+1. The molecule has 0 fully saturated rings. The number of rotatable bonds is 3. The molecule has 0 heterocycles. The number of benzene rings is 3. The zero-order valence-corrected chi connectivity index (χ0v) is 14.9. The van der Waals surface area contributed by atoms with Crippen LogP contribution in [-0.2, 0) is 17.1 Å². The molecule has 0 N–H and O–H groups in total. The summed E-state index contributed by atoms with van der Waals surface area (Å²) < 4.78 is 0. The van der Waals surface area contributed by atoms with Crippen LogP contribution in [0.4, 0.5) is 0 Å². The molecule has 0 aliphatic heterocycles. The summed E-state index contributed by atoms with van der Waals surface area (Å²) in [5, 5.41) is 13.1. The maximum Gasteiger partial charge on any atom is 1.00 e. The van der Waals surface area contributed by atoms with Crippen LogP contribution in [-0.4, -0.2) is 6.61 Å². The molecule has 0 bridgehead atoms. The van der Waals surface area contributed by atoms with Gasteiger partial charge >= 0.3 is 17.1 Å².